The molecule has 0 saturated heterocycles. The molecule has 86 valence electrons. The Labute approximate surface area is 112 Å². The highest BCUT2D eigenvalue weighted by molar-refractivity contribution is 9.10. The molecular formula is C12H9BrN2OS. The molecule has 1 aromatic carbocycles. The average Bonchev–Trinajstić information content (AvgIpc) is 2.71. The van der Waals surface area contributed by atoms with Gasteiger partial charge in [-0.15, -0.1) is 11.3 Å². The molecule has 2 N–H and O–H groups in total. The minimum Gasteiger partial charge on any atom is -0.497 e. The van der Waals surface area contributed by atoms with Crippen LogP contribution in [0.15, 0.2) is 28.7 Å². The van der Waals surface area contributed by atoms with Gasteiger partial charge in [-0.25, -0.2) is 0 Å². The second-order valence-corrected chi connectivity index (χ2v) is 5.26. The molecule has 1 heterocycles. The van der Waals surface area contributed by atoms with Crippen LogP contribution in [-0.4, -0.2) is 7.11 Å². The number of nitrogens with two attached hydrogens (primary N) is 1. The molecule has 0 atom stereocenters. The van der Waals surface area contributed by atoms with Gasteiger partial charge in [-0.3, -0.25) is 0 Å². The van der Waals surface area contributed by atoms with Gasteiger partial charge in [0.1, 0.15) is 16.7 Å². The van der Waals surface area contributed by atoms with Crippen molar-refractivity contribution in [3.05, 3.63) is 33.6 Å². The van der Waals surface area contributed by atoms with E-state index in [1.54, 1.807) is 7.11 Å². The van der Waals surface area contributed by atoms with Crippen LogP contribution in [0.2, 0.25) is 0 Å². The van der Waals surface area contributed by atoms with E-state index in [2.05, 4.69) is 22.0 Å². The number of nitriles is 1. The van der Waals surface area contributed by atoms with Gasteiger partial charge in [0.15, 0.2) is 0 Å². The lowest BCUT2D eigenvalue weighted by molar-refractivity contribution is 0.415. The Bertz CT molecular complexity index is 601. The minimum atomic E-state index is 0.516. The molecule has 17 heavy (non-hydrogen) atoms. The van der Waals surface area contributed by atoms with Gasteiger partial charge in [-0.05, 0) is 24.3 Å². The number of hydrogen-bond donors (Lipinski definition) is 1. The van der Waals surface area contributed by atoms with Crippen molar-refractivity contribution in [3.8, 4) is 22.3 Å². The van der Waals surface area contributed by atoms with Crippen LogP contribution in [0.1, 0.15) is 4.88 Å². The van der Waals surface area contributed by atoms with Crippen LogP contribution in [-0.2, 0) is 0 Å². The van der Waals surface area contributed by atoms with Crippen LogP contribution < -0.4 is 10.5 Å². The van der Waals surface area contributed by atoms with Crippen LogP contribution in [0.4, 0.5) is 5.69 Å². The van der Waals surface area contributed by atoms with Gasteiger partial charge in [0.2, 0.25) is 0 Å². The van der Waals surface area contributed by atoms with Crippen LogP contribution in [0, 0.1) is 11.3 Å². The summed E-state index contributed by atoms with van der Waals surface area (Å²) in [5.74, 6) is 0.772. The predicted octanol–water partition coefficient (Wildman–Crippen LogP) is 3.64. The third kappa shape index (κ3) is 2.28. The third-order valence-electron chi connectivity index (χ3n) is 2.30. The van der Waals surface area contributed by atoms with Crippen molar-refractivity contribution in [1.29, 1.82) is 5.26 Å². The van der Waals surface area contributed by atoms with Crippen molar-refractivity contribution >= 4 is 33.0 Å². The number of nitrogens with zero attached hydrogens (tertiary/aromatic N) is 1. The summed E-state index contributed by atoms with van der Waals surface area (Å²) in [5, 5.41) is 8.89. The molecule has 0 aliphatic carbocycles. The van der Waals surface area contributed by atoms with E-state index in [9.17, 15) is 0 Å². The number of hydrogen-bond acceptors (Lipinski definition) is 4. The summed E-state index contributed by atoms with van der Waals surface area (Å²) >= 11 is 4.85. The maximum Gasteiger partial charge on any atom is 0.128 e. The molecule has 0 amide bonds. The molecule has 2 rings (SSSR count). The molecule has 0 saturated carbocycles. The summed E-state index contributed by atoms with van der Waals surface area (Å²) in [5.41, 5.74) is 7.24. The van der Waals surface area contributed by atoms with E-state index < -0.39 is 0 Å². The van der Waals surface area contributed by atoms with Crippen molar-refractivity contribution in [2.45, 2.75) is 0 Å². The Morgan fingerprint density at radius 1 is 1.41 bits per heavy atom. The van der Waals surface area contributed by atoms with Crippen molar-refractivity contribution in [3.63, 3.8) is 0 Å². The number of nitrogen functional groups attached to an aromatic ring is 1. The van der Waals surface area contributed by atoms with Gasteiger partial charge in [-0.2, -0.15) is 5.26 Å². The Kier molecular flexibility index (Phi) is 3.36. The first-order chi connectivity index (χ1) is 8.15. The first-order valence-corrected chi connectivity index (χ1v) is 6.40. The summed E-state index contributed by atoms with van der Waals surface area (Å²) in [4.78, 5) is 1.49. The molecule has 1 aromatic heterocycles. The number of halogens is 1. The predicted molar refractivity (Wildman–Crippen MR) is 73.1 cm³/mol. The molecule has 0 radical (unpaired) electrons. The van der Waals surface area contributed by atoms with E-state index in [1.807, 2.05) is 24.3 Å². The zero-order valence-corrected chi connectivity index (χ0v) is 11.4. The van der Waals surface area contributed by atoms with Crippen LogP contribution in [0.5, 0.6) is 5.75 Å². The molecule has 3 nitrogen and oxygen atoms in total. The molecule has 0 unspecified atom stereocenters. The van der Waals surface area contributed by atoms with Gasteiger partial charge in [0.05, 0.1) is 12.8 Å². The van der Waals surface area contributed by atoms with Crippen molar-refractivity contribution in [1.82, 2.24) is 0 Å². The highest BCUT2D eigenvalue weighted by atomic mass is 79.9. The van der Waals surface area contributed by atoms with Crippen molar-refractivity contribution < 1.29 is 4.74 Å². The lowest BCUT2D eigenvalue weighted by Crippen LogP contribution is -1.84. The van der Waals surface area contributed by atoms with Gasteiger partial charge in [0.25, 0.3) is 0 Å². The number of thiophene rings is 1. The lowest BCUT2D eigenvalue weighted by Gasteiger charge is -2.04. The largest absolute Gasteiger partial charge is 0.497 e. The fraction of sp³-hybridized carbons (Fsp3) is 0.0833. The highest BCUT2D eigenvalue weighted by Crippen LogP contribution is 2.38. The Hall–Kier alpha value is -1.51. The Morgan fingerprint density at radius 2 is 2.18 bits per heavy atom. The Morgan fingerprint density at radius 3 is 2.76 bits per heavy atom. The highest BCUT2D eigenvalue weighted by Gasteiger charge is 2.11. The number of benzene rings is 1. The second kappa shape index (κ2) is 4.78. The standard InChI is InChI=1S/C12H9BrN2OS/c1-16-7-2-3-9(13)8(4-7)11-5-10(15)12(6-14)17-11/h2-5H,15H2,1H3. The van der Waals surface area contributed by atoms with Gasteiger partial charge < -0.3 is 10.5 Å². The molecule has 0 aliphatic rings. The van der Waals surface area contributed by atoms with E-state index >= 15 is 0 Å². The van der Waals surface area contributed by atoms with Crippen LogP contribution >= 0.6 is 27.3 Å². The fourth-order valence-corrected chi connectivity index (χ4v) is 2.94. The fourth-order valence-electron chi connectivity index (χ4n) is 1.45. The molecular weight excluding hydrogens is 300 g/mol. The molecule has 5 heteroatoms. The third-order valence-corrected chi connectivity index (χ3v) is 4.08. The van der Waals surface area contributed by atoms with Gasteiger partial charge >= 0.3 is 0 Å². The second-order valence-electron chi connectivity index (χ2n) is 3.35. The molecule has 0 bridgehead atoms. The SMILES string of the molecule is COc1ccc(Br)c(-c2cc(N)c(C#N)s2)c1. The van der Waals surface area contributed by atoms with Crippen molar-refractivity contribution in [2.24, 2.45) is 0 Å². The zero-order valence-electron chi connectivity index (χ0n) is 9.03. The maximum absolute atomic E-state index is 8.89. The smallest absolute Gasteiger partial charge is 0.128 e. The molecule has 2 aromatic rings. The summed E-state index contributed by atoms with van der Waals surface area (Å²) in [6, 6.07) is 9.59. The van der Waals surface area contributed by atoms with E-state index in [-0.39, 0.29) is 0 Å². The van der Waals surface area contributed by atoms with Crippen molar-refractivity contribution in [2.75, 3.05) is 12.8 Å². The summed E-state index contributed by atoms with van der Waals surface area (Å²) < 4.78 is 6.13. The zero-order chi connectivity index (χ0) is 12.4. The van der Waals surface area contributed by atoms with E-state index in [0.717, 1.165) is 20.7 Å². The van der Waals surface area contributed by atoms with Gasteiger partial charge in [0, 0.05) is 14.9 Å². The molecule has 0 fully saturated rings. The monoisotopic (exact) mass is 308 g/mol. The van der Waals surface area contributed by atoms with E-state index in [1.165, 1.54) is 11.3 Å². The van der Waals surface area contributed by atoms with Gasteiger partial charge in [-0.1, -0.05) is 15.9 Å². The number of ether oxygens (including phenoxy) is 1. The maximum atomic E-state index is 8.89. The van der Waals surface area contributed by atoms with Crippen LogP contribution in [0.3, 0.4) is 0 Å². The first-order valence-electron chi connectivity index (χ1n) is 4.79. The quantitative estimate of drug-likeness (QED) is 0.921. The van der Waals surface area contributed by atoms with E-state index in [0.29, 0.717) is 10.6 Å². The number of rotatable bonds is 2. The number of anilines is 1. The minimum absolute atomic E-state index is 0.516. The normalized spacial score (nSPS) is 9.94. The summed E-state index contributed by atoms with van der Waals surface area (Å²) in [6.07, 6.45) is 0. The average molecular weight is 309 g/mol. The molecule has 0 aliphatic heterocycles. The topological polar surface area (TPSA) is 59.0 Å². The Balaban J connectivity index is 2.55. The number of methoxy groups -OCH3 is 1. The van der Waals surface area contributed by atoms with Crippen LogP contribution in [0.25, 0.3) is 10.4 Å². The lowest BCUT2D eigenvalue weighted by atomic mass is 10.2. The summed E-state index contributed by atoms with van der Waals surface area (Å²) in [7, 11) is 1.62. The molecule has 0 spiro atoms. The van der Waals surface area contributed by atoms with E-state index in [4.69, 9.17) is 15.7 Å². The first kappa shape index (κ1) is 12.0. The summed E-state index contributed by atoms with van der Waals surface area (Å²) in [6.45, 7) is 0.